The SMILES string of the molecule is CN=C(NCc1cccc(C(N)=O)c1)NCC(CC(C)C)N1CCOCC1.I. The van der Waals surface area contributed by atoms with Crippen LogP contribution in [-0.2, 0) is 11.3 Å². The Kier molecular flexibility index (Phi) is 11.4. The Morgan fingerprint density at radius 2 is 2.00 bits per heavy atom. The number of guanidine groups is 1. The van der Waals surface area contributed by atoms with E-state index in [-0.39, 0.29) is 24.0 Å². The lowest BCUT2D eigenvalue weighted by molar-refractivity contribution is 0.0132. The number of carbonyl (C=O) groups is 1. The summed E-state index contributed by atoms with van der Waals surface area (Å²) >= 11 is 0. The Balaban J connectivity index is 0.00000392. The van der Waals surface area contributed by atoms with Crippen molar-refractivity contribution in [1.29, 1.82) is 0 Å². The van der Waals surface area contributed by atoms with Crippen LogP contribution in [0.2, 0.25) is 0 Å². The maximum absolute atomic E-state index is 11.3. The predicted molar refractivity (Wildman–Crippen MR) is 124 cm³/mol. The molecule has 1 heterocycles. The van der Waals surface area contributed by atoms with E-state index in [2.05, 4.69) is 34.4 Å². The molecule has 1 saturated heterocycles. The second kappa shape index (κ2) is 12.9. The number of rotatable bonds is 8. The molecule has 8 heteroatoms. The van der Waals surface area contributed by atoms with Crippen molar-refractivity contribution in [3.8, 4) is 0 Å². The summed E-state index contributed by atoms with van der Waals surface area (Å²) in [6.45, 7) is 9.48. The van der Waals surface area contributed by atoms with Crippen molar-refractivity contribution in [2.45, 2.75) is 32.9 Å². The molecule has 158 valence electrons. The molecule has 2 rings (SSSR count). The van der Waals surface area contributed by atoms with Gasteiger partial charge in [0.1, 0.15) is 0 Å². The average molecular weight is 503 g/mol. The number of ether oxygens (including phenoxy) is 1. The van der Waals surface area contributed by atoms with Gasteiger partial charge in [0.15, 0.2) is 5.96 Å². The van der Waals surface area contributed by atoms with E-state index in [1.54, 1.807) is 19.2 Å². The Labute approximate surface area is 185 Å². The number of amides is 1. The van der Waals surface area contributed by atoms with Crippen LogP contribution in [0.15, 0.2) is 29.3 Å². The molecule has 1 atom stereocenters. The molecule has 0 aliphatic carbocycles. The lowest BCUT2D eigenvalue weighted by Gasteiger charge is -2.35. The second-order valence-corrected chi connectivity index (χ2v) is 7.30. The zero-order valence-electron chi connectivity index (χ0n) is 17.1. The van der Waals surface area contributed by atoms with Gasteiger partial charge in [-0.2, -0.15) is 0 Å². The van der Waals surface area contributed by atoms with E-state index in [9.17, 15) is 4.79 Å². The van der Waals surface area contributed by atoms with Crippen LogP contribution >= 0.6 is 24.0 Å². The van der Waals surface area contributed by atoms with Crippen LogP contribution in [0.5, 0.6) is 0 Å². The van der Waals surface area contributed by atoms with E-state index >= 15 is 0 Å². The predicted octanol–water partition coefficient (Wildman–Crippen LogP) is 1.82. The molecule has 1 fully saturated rings. The van der Waals surface area contributed by atoms with Crippen molar-refractivity contribution in [1.82, 2.24) is 15.5 Å². The first-order chi connectivity index (χ1) is 13.0. The molecule has 0 radical (unpaired) electrons. The monoisotopic (exact) mass is 503 g/mol. The van der Waals surface area contributed by atoms with Crippen LogP contribution < -0.4 is 16.4 Å². The van der Waals surface area contributed by atoms with Crippen LogP contribution in [0.3, 0.4) is 0 Å². The fourth-order valence-electron chi connectivity index (χ4n) is 3.30. The van der Waals surface area contributed by atoms with Crippen LogP contribution in [0.25, 0.3) is 0 Å². The highest BCUT2D eigenvalue weighted by molar-refractivity contribution is 14.0. The molecule has 7 nitrogen and oxygen atoms in total. The minimum Gasteiger partial charge on any atom is -0.379 e. The molecule has 0 saturated carbocycles. The highest BCUT2D eigenvalue weighted by Crippen LogP contribution is 2.13. The van der Waals surface area contributed by atoms with Crippen molar-refractivity contribution >= 4 is 35.8 Å². The summed E-state index contributed by atoms with van der Waals surface area (Å²) in [5, 5.41) is 6.75. The van der Waals surface area contributed by atoms with Gasteiger partial charge in [-0.1, -0.05) is 26.0 Å². The molecule has 0 aromatic heterocycles. The molecule has 1 aromatic carbocycles. The van der Waals surface area contributed by atoms with Gasteiger partial charge in [0.05, 0.1) is 13.2 Å². The van der Waals surface area contributed by atoms with Crippen molar-refractivity contribution in [2.24, 2.45) is 16.6 Å². The van der Waals surface area contributed by atoms with Gasteiger partial charge in [0.2, 0.25) is 5.91 Å². The number of morpholine rings is 1. The fourth-order valence-corrected chi connectivity index (χ4v) is 3.30. The van der Waals surface area contributed by atoms with Crippen LogP contribution in [0.1, 0.15) is 36.2 Å². The summed E-state index contributed by atoms with van der Waals surface area (Å²) < 4.78 is 5.48. The van der Waals surface area contributed by atoms with Crippen LogP contribution in [0, 0.1) is 5.92 Å². The van der Waals surface area contributed by atoms with E-state index in [1.807, 2.05) is 12.1 Å². The summed E-state index contributed by atoms with van der Waals surface area (Å²) in [5.41, 5.74) is 6.85. The van der Waals surface area contributed by atoms with Gasteiger partial charge in [-0.15, -0.1) is 24.0 Å². The number of nitrogens with one attached hydrogen (secondary N) is 2. The molecule has 4 N–H and O–H groups in total. The molecule has 1 amide bonds. The maximum Gasteiger partial charge on any atom is 0.248 e. The van der Waals surface area contributed by atoms with E-state index in [4.69, 9.17) is 10.5 Å². The van der Waals surface area contributed by atoms with Gasteiger partial charge >= 0.3 is 0 Å². The maximum atomic E-state index is 11.3. The third kappa shape index (κ3) is 8.32. The summed E-state index contributed by atoms with van der Waals surface area (Å²) in [7, 11) is 1.77. The smallest absolute Gasteiger partial charge is 0.248 e. The van der Waals surface area contributed by atoms with Gasteiger partial charge < -0.3 is 21.1 Å². The number of hydrogen-bond acceptors (Lipinski definition) is 4. The largest absolute Gasteiger partial charge is 0.379 e. The Morgan fingerprint density at radius 3 is 2.61 bits per heavy atom. The molecule has 1 aliphatic rings. The second-order valence-electron chi connectivity index (χ2n) is 7.30. The number of benzene rings is 1. The number of nitrogens with two attached hydrogens (primary N) is 1. The molecule has 0 bridgehead atoms. The first-order valence-corrected chi connectivity index (χ1v) is 9.64. The third-order valence-electron chi connectivity index (χ3n) is 4.71. The summed E-state index contributed by atoms with van der Waals surface area (Å²) in [6.07, 6.45) is 1.13. The number of carbonyl (C=O) groups excluding carboxylic acids is 1. The number of primary amides is 1. The van der Waals surface area contributed by atoms with Crippen molar-refractivity contribution < 1.29 is 9.53 Å². The summed E-state index contributed by atoms with van der Waals surface area (Å²) in [6, 6.07) is 7.77. The lowest BCUT2D eigenvalue weighted by Crippen LogP contribution is -2.50. The Hall–Kier alpha value is -1.39. The van der Waals surface area contributed by atoms with Crippen molar-refractivity contribution in [3.63, 3.8) is 0 Å². The Bertz CT molecular complexity index is 633. The number of hydrogen-bond donors (Lipinski definition) is 3. The molecule has 1 aliphatic heterocycles. The number of nitrogens with zero attached hydrogens (tertiary/aromatic N) is 2. The normalized spacial score (nSPS) is 16.4. The van der Waals surface area contributed by atoms with E-state index in [0.717, 1.165) is 50.8 Å². The minimum absolute atomic E-state index is 0. The van der Waals surface area contributed by atoms with E-state index < -0.39 is 5.91 Å². The first kappa shape index (κ1) is 24.6. The zero-order valence-corrected chi connectivity index (χ0v) is 19.4. The standard InChI is InChI=1S/C20H33N5O2.HI/c1-15(2)11-18(25-7-9-27-10-8-25)14-24-20(22-3)23-13-16-5-4-6-17(12-16)19(21)26;/h4-6,12,15,18H,7-11,13-14H2,1-3H3,(H2,21,26)(H2,22,23,24);1H. The van der Waals surface area contributed by atoms with Crippen molar-refractivity contribution in [2.75, 3.05) is 39.9 Å². The third-order valence-corrected chi connectivity index (χ3v) is 4.71. The number of halogens is 1. The van der Waals surface area contributed by atoms with E-state index in [1.165, 1.54) is 0 Å². The van der Waals surface area contributed by atoms with Crippen LogP contribution in [0.4, 0.5) is 0 Å². The topological polar surface area (TPSA) is 92.0 Å². The molecular weight excluding hydrogens is 469 g/mol. The van der Waals surface area contributed by atoms with Crippen LogP contribution in [-0.4, -0.2) is 62.7 Å². The molecular formula is C20H34IN5O2. The highest BCUT2D eigenvalue weighted by Gasteiger charge is 2.22. The minimum atomic E-state index is -0.415. The summed E-state index contributed by atoms with van der Waals surface area (Å²) in [4.78, 5) is 18.1. The average Bonchev–Trinajstić information content (AvgIpc) is 2.67. The summed E-state index contributed by atoms with van der Waals surface area (Å²) in [5.74, 6) is 0.967. The molecule has 1 aromatic rings. The quantitative estimate of drug-likeness (QED) is 0.286. The van der Waals surface area contributed by atoms with Crippen molar-refractivity contribution in [3.05, 3.63) is 35.4 Å². The zero-order chi connectivity index (χ0) is 19.6. The van der Waals surface area contributed by atoms with Gasteiger partial charge in [-0.3, -0.25) is 14.7 Å². The number of aliphatic imine (C=N–C) groups is 1. The van der Waals surface area contributed by atoms with Gasteiger partial charge in [-0.05, 0) is 30.0 Å². The highest BCUT2D eigenvalue weighted by atomic mass is 127. The lowest BCUT2D eigenvalue weighted by atomic mass is 10.0. The first-order valence-electron chi connectivity index (χ1n) is 9.64. The Morgan fingerprint density at radius 1 is 1.29 bits per heavy atom. The molecule has 0 spiro atoms. The molecule has 28 heavy (non-hydrogen) atoms. The van der Waals surface area contributed by atoms with E-state index in [0.29, 0.717) is 24.1 Å². The fraction of sp³-hybridized carbons (Fsp3) is 0.600. The van der Waals surface area contributed by atoms with Gasteiger partial charge in [0.25, 0.3) is 0 Å². The molecule has 1 unspecified atom stereocenters. The van der Waals surface area contributed by atoms with Gasteiger partial charge in [-0.25, -0.2) is 0 Å². The van der Waals surface area contributed by atoms with Gasteiger partial charge in [0, 0.05) is 44.8 Å².